The first kappa shape index (κ1) is 11.7. The number of rotatable bonds is 2. The molecule has 1 atom stereocenters. The van der Waals surface area contributed by atoms with Gasteiger partial charge in [0.15, 0.2) is 0 Å². The Morgan fingerprint density at radius 1 is 1.29 bits per heavy atom. The Hall–Kier alpha value is -1.75. The lowest BCUT2D eigenvalue weighted by Crippen LogP contribution is -2.45. The fourth-order valence-corrected chi connectivity index (χ4v) is 1.97. The first-order valence-electron chi connectivity index (χ1n) is 5.70. The van der Waals surface area contributed by atoms with E-state index in [0.29, 0.717) is 0 Å². The highest BCUT2D eigenvalue weighted by molar-refractivity contribution is 5.95. The van der Waals surface area contributed by atoms with Gasteiger partial charge in [-0.05, 0) is 31.5 Å². The average Bonchev–Trinajstić information content (AvgIpc) is 2.29. The summed E-state index contributed by atoms with van der Waals surface area (Å²) in [5.74, 6) is -0.501. The molecule has 2 rings (SSSR count). The highest BCUT2D eigenvalue weighted by atomic mass is 16.3. The molecule has 0 aromatic heterocycles. The minimum atomic E-state index is -0.273. The monoisotopic (exact) mass is 236 g/mol. The first-order chi connectivity index (χ1) is 8.15. The second-order valence-electron chi connectivity index (χ2n) is 4.25. The summed E-state index contributed by atoms with van der Waals surface area (Å²) in [7, 11) is 0. The molecule has 0 saturated carbocycles. The first-order valence-corrected chi connectivity index (χ1v) is 5.70. The number of phenolic OH excluding ortho intramolecular Hbond substituents is 2. The summed E-state index contributed by atoms with van der Waals surface area (Å²) in [6, 6.07) is 3.98. The second kappa shape index (κ2) is 5.05. The molecule has 4 N–H and O–H groups in total. The van der Waals surface area contributed by atoms with Gasteiger partial charge < -0.3 is 20.8 Å². The zero-order chi connectivity index (χ0) is 12.3. The zero-order valence-corrected chi connectivity index (χ0v) is 9.44. The van der Waals surface area contributed by atoms with Crippen molar-refractivity contribution in [2.45, 2.75) is 18.9 Å². The van der Waals surface area contributed by atoms with E-state index in [1.165, 1.54) is 18.2 Å². The van der Waals surface area contributed by atoms with E-state index in [2.05, 4.69) is 10.6 Å². The van der Waals surface area contributed by atoms with Crippen LogP contribution >= 0.6 is 0 Å². The predicted molar refractivity (Wildman–Crippen MR) is 63.1 cm³/mol. The number of hydrogen-bond acceptors (Lipinski definition) is 4. The van der Waals surface area contributed by atoms with Gasteiger partial charge in [0, 0.05) is 24.2 Å². The van der Waals surface area contributed by atoms with Gasteiger partial charge in [-0.25, -0.2) is 0 Å². The van der Waals surface area contributed by atoms with Crippen molar-refractivity contribution in [3.05, 3.63) is 23.8 Å². The molecule has 5 nitrogen and oxygen atoms in total. The summed E-state index contributed by atoms with van der Waals surface area (Å²) in [6.07, 6.45) is 1.99. The Morgan fingerprint density at radius 3 is 2.59 bits per heavy atom. The number of piperidine rings is 1. The molecule has 0 radical (unpaired) electrons. The molecule has 0 spiro atoms. The van der Waals surface area contributed by atoms with Crippen molar-refractivity contribution >= 4 is 5.91 Å². The van der Waals surface area contributed by atoms with Gasteiger partial charge in [0.25, 0.3) is 5.91 Å². The molecule has 0 bridgehead atoms. The van der Waals surface area contributed by atoms with Crippen molar-refractivity contribution in [3.8, 4) is 11.5 Å². The topological polar surface area (TPSA) is 81.6 Å². The largest absolute Gasteiger partial charge is 0.508 e. The van der Waals surface area contributed by atoms with Crippen LogP contribution in [0.15, 0.2) is 18.2 Å². The third kappa shape index (κ3) is 3.10. The number of nitrogens with one attached hydrogen (secondary N) is 2. The van der Waals surface area contributed by atoms with Crippen molar-refractivity contribution in [2.24, 2.45) is 0 Å². The molecule has 1 fully saturated rings. The van der Waals surface area contributed by atoms with Gasteiger partial charge >= 0.3 is 0 Å². The lowest BCUT2D eigenvalue weighted by molar-refractivity contribution is 0.0930. The maximum Gasteiger partial charge on any atom is 0.251 e. The van der Waals surface area contributed by atoms with Crippen LogP contribution in [-0.4, -0.2) is 35.3 Å². The molecule has 0 unspecified atom stereocenters. The van der Waals surface area contributed by atoms with Gasteiger partial charge in [-0.3, -0.25) is 4.79 Å². The molecule has 1 aliphatic heterocycles. The van der Waals surface area contributed by atoms with E-state index in [9.17, 15) is 15.0 Å². The van der Waals surface area contributed by atoms with Crippen molar-refractivity contribution in [3.63, 3.8) is 0 Å². The van der Waals surface area contributed by atoms with Crippen LogP contribution in [0.1, 0.15) is 23.2 Å². The van der Waals surface area contributed by atoms with Crippen molar-refractivity contribution in [2.75, 3.05) is 13.1 Å². The predicted octanol–water partition coefficient (Wildman–Crippen LogP) is 0.580. The number of amides is 1. The summed E-state index contributed by atoms with van der Waals surface area (Å²) in [5.41, 5.74) is 0.271. The summed E-state index contributed by atoms with van der Waals surface area (Å²) >= 11 is 0. The smallest absolute Gasteiger partial charge is 0.251 e. The summed E-state index contributed by atoms with van der Waals surface area (Å²) in [4.78, 5) is 11.9. The quantitative estimate of drug-likeness (QED) is 0.605. The van der Waals surface area contributed by atoms with Gasteiger partial charge in [0.2, 0.25) is 0 Å². The van der Waals surface area contributed by atoms with E-state index < -0.39 is 0 Å². The molecule has 5 heteroatoms. The Kier molecular flexibility index (Phi) is 3.49. The van der Waals surface area contributed by atoms with Crippen LogP contribution in [0.4, 0.5) is 0 Å². The number of hydrogen-bond donors (Lipinski definition) is 4. The van der Waals surface area contributed by atoms with Gasteiger partial charge in [0.1, 0.15) is 11.5 Å². The lowest BCUT2D eigenvalue weighted by Gasteiger charge is -2.23. The number of carbonyl (C=O) groups excluding carboxylic acids is 1. The molecular formula is C12H16N2O3. The Balaban J connectivity index is 2.03. The molecule has 92 valence electrons. The number of phenols is 2. The minimum absolute atomic E-state index is 0.112. The molecule has 17 heavy (non-hydrogen) atoms. The van der Waals surface area contributed by atoms with Crippen LogP contribution in [0.3, 0.4) is 0 Å². The number of carbonyl (C=O) groups is 1. The average molecular weight is 236 g/mol. The molecule has 1 aromatic carbocycles. The maximum atomic E-state index is 11.9. The van der Waals surface area contributed by atoms with E-state index >= 15 is 0 Å². The van der Waals surface area contributed by atoms with E-state index in [1.54, 1.807) is 0 Å². The number of aromatic hydroxyl groups is 2. The normalized spacial score (nSPS) is 19.9. The third-order valence-corrected chi connectivity index (χ3v) is 2.80. The van der Waals surface area contributed by atoms with Crippen LogP contribution < -0.4 is 10.6 Å². The van der Waals surface area contributed by atoms with Crippen molar-refractivity contribution < 1.29 is 15.0 Å². The number of benzene rings is 1. The van der Waals surface area contributed by atoms with Gasteiger partial charge in [-0.1, -0.05) is 0 Å². The van der Waals surface area contributed by atoms with E-state index in [1.807, 2.05) is 0 Å². The molecule has 1 heterocycles. The third-order valence-electron chi connectivity index (χ3n) is 2.80. The van der Waals surface area contributed by atoms with Gasteiger partial charge in [-0.2, -0.15) is 0 Å². The van der Waals surface area contributed by atoms with E-state index in [4.69, 9.17) is 0 Å². The van der Waals surface area contributed by atoms with E-state index in [-0.39, 0.29) is 29.0 Å². The SMILES string of the molecule is O=C(N[C@@H]1CCCNC1)c1cc(O)cc(O)c1. The van der Waals surface area contributed by atoms with E-state index in [0.717, 1.165) is 25.9 Å². The summed E-state index contributed by atoms with van der Waals surface area (Å²) in [6.45, 7) is 1.75. The lowest BCUT2D eigenvalue weighted by atomic mass is 10.1. The van der Waals surface area contributed by atoms with Crippen molar-refractivity contribution in [1.29, 1.82) is 0 Å². The van der Waals surface area contributed by atoms with Crippen LogP contribution in [0, 0.1) is 0 Å². The van der Waals surface area contributed by atoms with Crippen LogP contribution in [0.25, 0.3) is 0 Å². The molecule has 1 aliphatic rings. The Morgan fingerprint density at radius 2 is 2.00 bits per heavy atom. The molecule has 1 saturated heterocycles. The Bertz CT molecular complexity index is 394. The minimum Gasteiger partial charge on any atom is -0.508 e. The van der Waals surface area contributed by atoms with Crippen molar-refractivity contribution in [1.82, 2.24) is 10.6 Å². The van der Waals surface area contributed by atoms with Crippen LogP contribution in [0.5, 0.6) is 11.5 Å². The molecule has 1 aromatic rings. The molecule has 0 aliphatic carbocycles. The zero-order valence-electron chi connectivity index (χ0n) is 9.44. The second-order valence-corrected chi connectivity index (χ2v) is 4.25. The molecular weight excluding hydrogens is 220 g/mol. The summed E-state index contributed by atoms with van der Waals surface area (Å²) in [5, 5.41) is 24.7. The fourth-order valence-electron chi connectivity index (χ4n) is 1.97. The summed E-state index contributed by atoms with van der Waals surface area (Å²) < 4.78 is 0. The van der Waals surface area contributed by atoms with Gasteiger partial charge in [-0.15, -0.1) is 0 Å². The fraction of sp³-hybridized carbons (Fsp3) is 0.417. The highest BCUT2D eigenvalue weighted by Gasteiger charge is 2.16. The van der Waals surface area contributed by atoms with Gasteiger partial charge in [0.05, 0.1) is 0 Å². The highest BCUT2D eigenvalue weighted by Crippen LogP contribution is 2.20. The maximum absolute atomic E-state index is 11.9. The van der Waals surface area contributed by atoms with Crippen LogP contribution in [0.2, 0.25) is 0 Å². The standard InChI is InChI=1S/C12H16N2O3/c15-10-4-8(5-11(16)6-10)12(17)14-9-2-1-3-13-7-9/h4-6,9,13,15-16H,1-3,7H2,(H,14,17)/t9-/m1/s1. The Labute approximate surface area is 99.5 Å². The van der Waals surface area contributed by atoms with Crippen LogP contribution in [-0.2, 0) is 0 Å². The molecule has 1 amide bonds.